The first-order valence-corrected chi connectivity index (χ1v) is 4.66. The van der Waals surface area contributed by atoms with Gasteiger partial charge in [0.05, 0.1) is 0 Å². The Labute approximate surface area is 87.2 Å². The van der Waals surface area contributed by atoms with E-state index in [0.717, 1.165) is 5.56 Å². The van der Waals surface area contributed by atoms with Crippen molar-refractivity contribution in [2.24, 2.45) is 0 Å². The van der Waals surface area contributed by atoms with Crippen molar-refractivity contribution in [1.29, 1.82) is 0 Å². The maximum absolute atomic E-state index is 12.9. The van der Waals surface area contributed by atoms with Gasteiger partial charge in [0.15, 0.2) is 18.5 Å². The molecule has 0 aliphatic rings. The lowest BCUT2D eigenvalue weighted by Gasteiger charge is -1.98. The van der Waals surface area contributed by atoms with Crippen LogP contribution in [0.25, 0.3) is 0 Å². The number of rotatable bonds is 2. The molecule has 2 rings (SSSR count). The second-order valence-corrected chi connectivity index (χ2v) is 3.36. The zero-order chi connectivity index (χ0) is 10.7. The fraction of sp³-hybridized carbons (Fsp3) is 0.0833. The van der Waals surface area contributed by atoms with Gasteiger partial charge in [-0.05, 0) is 18.2 Å². The summed E-state index contributed by atoms with van der Waals surface area (Å²) in [6.07, 6.45) is 3.43. The van der Waals surface area contributed by atoms with Crippen LogP contribution < -0.4 is 4.57 Å². The summed E-state index contributed by atoms with van der Waals surface area (Å²) in [7, 11) is 0. The van der Waals surface area contributed by atoms with E-state index in [0.29, 0.717) is 6.54 Å². The lowest BCUT2D eigenvalue weighted by Crippen LogP contribution is -2.32. The van der Waals surface area contributed by atoms with Crippen LogP contribution in [0.3, 0.4) is 0 Å². The van der Waals surface area contributed by atoms with Gasteiger partial charge in [0.2, 0.25) is 6.20 Å². The maximum atomic E-state index is 12.9. The SMILES string of the molecule is Oc1ccc[n+](Cc2cccc(F)c2)c1. The van der Waals surface area contributed by atoms with Gasteiger partial charge in [-0.1, -0.05) is 12.1 Å². The van der Waals surface area contributed by atoms with Gasteiger partial charge in [-0.15, -0.1) is 0 Å². The quantitative estimate of drug-likeness (QED) is 0.742. The normalized spacial score (nSPS) is 10.2. The summed E-state index contributed by atoms with van der Waals surface area (Å²) in [5, 5.41) is 9.25. The van der Waals surface area contributed by atoms with Crippen LogP contribution in [0.4, 0.5) is 4.39 Å². The molecular weight excluding hydrogens is 193 g/mol. The molecule has 0 aliphatic carbocycles. The molecular formula is C12H11FNO+. The lowest BCUT2D eigenvalue weighted by atomic mass is 10.2. The molecule has 1 heterocycles. The minimum atomic E-state index is -0.242. The fourth-order valence-corrected chi connectivity index (χ4v) is 1.45. The molecule has 0 saturated carbocycles. The van der Waals surface area contributed by atoms with Gasteiger partial charge in [-0.2, -0.15) is 4.57 Å². The molecule has 0 radical (unpaired) electrons. The first-order valence-electron chi connectivity index (χ1n) is 4.66. The second kappa shape index (κ2) is 4.09. The molecule has 76 valence electrons. The van der Waals surface area contributed by atoms with Crippen LogP contribution >= 0.6 is 0 Å². The molecule has 0 aliphatic heterocycles. The van der Waals surface area contributed by atoms with Crippen LogP contribution in [-0.4, -0.2) is 5.11 Å². The molecule has 1 aromatic carbocycles. The predicted molar refractivity (Wildman–Crippen MR) is 53.8 cm³/mol. The van der Waals surface area contributed by atoms with Crippen LogP contribution in [0, 0.1) is 5.82 Å². The van der Waals surface area contributed by atoms with Crippen LogP contribution in [0.1, 0.15) is 5.56 Å². The molecule has 0 unspecified atom stereocenters. The largest absolute Gasteiger partial charge is 0.503 e. The third-order valence-electron chi connectivity index (χ3n) is 2.10. The Balaban J connectivity index is 2.22. The Kier molecular flexibility index (Phi) is 2.63. The molecule has 2 nitrogen and oxygen atoms in total. The molecule has 0 fully saturated rings. The number of benzene rings is 1. The van der Waals surface area contributed by atoms with Crippen molar-refractivity contribution in [3.8, 4) is 5.75 Å². The van der Waals surface area contributed by atoms with E-state index in [4.69, 9.17) is 0 Å². The van der Waals surface area contributed by atoms with Gasteiger partial charge in [0.1, 0.15) is 5.82 Å². The van der Waals surface area contributed by atoms with Crippen LogP contribution in [0.2, 0.25) is 0 Å². The minimum absolute atomic E-state index is 0.203. The Bertz CT molecular complexity index is 427. The van der Waals surface area contributed by atoms with Crippen LogP contribution in [0.15, 0.2) is 48.8 Å². The third kappa shape index (κ3) is 2.53. The highest BCUT2D eigenvalue weighted by Crippen LogP contribution is 2.04. The topological polar surface area (TPSA) is 24.1 Å². The Morgan fingerprint density at radius 1 is 1.20 bits per heavy atom. The van der Waals surface area contributed by atoms with E-state index >= 15 is 0 Å². The minimum Gasteiger partial charge on any atom is -0.503 e. The summed E-state index contributed by atoms with van der Waals surface area (Å²) in [6, 6.07) is 9.76. The number of aromatic nitrogens is 1. The molecule has 0 amide bonds. The molecule has 1 N–H and O–H groups in total. The Hall–Kier alpha value is -1.90. The number of halogens is 1. The maximum Gasteiger partial charge on any atom is 0.211 e. The van der Waals surface area contributed by atoms with E-state index in [9.17, 15) is 9.50 Å². The van der Waals surface area contributed by atoms with Crippen molar-refractivity contribution in [2.45, 2.75) is 6.54 Å². The highest BCUT2D eigenvalue weighted by atomic mass is 19.1. The van der Waals surface area contributed by atoms with Crippen molar-refractivity contribution in [3.05, 3.63) is 60.2 Å². The van der Waals surface area contributed by atoms with Crippen molar-refractivity contribution in [1.82, 2.24) is 0 Å². The summed E-state index contributed by atoms with van der Waals surface area (Å²) in [4.78, 5) is 0. The van der Waals surface area contributed by atoms with Gasteiger partial charge in [0.25, 0.3) is 0 Å². The van der Waals surface area contributed by atoms with Crippen molar-refractivity contribution in [3.63, 3.8) is 0 Å². The molecule has 3 heteroatoms. The number of hydrogen-bond acceptors (Lipinski definition) is 1. The van der Waals surface area contributed by atoms with Gasteiger partial charge in [0, 0.05) is 11.6 Å². The molecule has 1 aromatic heterocycles. The second-order valence-electron chi connectivity index (χ2n) is 3.36. The van der Waals surface area contributed by atoms with E-state index < -0.39 is 0 Å². The number of nitrogens with zero attached hydrogens (tertiary/aromatic N) is 1. The Morgan fingerprint density at radius 2 is 2.07 bits per heavy atom. The van der Waals surface area contributed by atoms with Gasteiger partial charge >= 0.3 is 0 Å². The average molecular weight is 204 g/mol. The van der Waals surface area contributed by atoms with E-state index in [1.807, 2.05) is 12.3 Å². The molecule has 0 atom stereocenters. The highest BCUT2D eigenvalue weighted by Gasteiger charge is 2.03. The van der Waals surface area contributed by atoms with E-state index in [1.165, 1.54) is 12.1 Å². The summed E-state index contributed by atoms with van der Waals surface area (Å²) >= 11 is 0. The molecule has 0 bridgehead atoms. The van der Waals surface area contributed by atoms with Crippen LogP contribution in [-0.2, 0) is 6.54 Å². The van der Waals surface area contributed by atoms with Crippen molar-refractivity contribution >= 4 is 0 Å². The summed E-state index contributed by atoms with van der Waals surface area (Å²) in [5.74, 6) is -0.0397. The van der Waals surface area contributed by atoms with Crippen molar-refractivity contribution < 1.29 is 14.1 Å². The van der Waals surface area contributed by atoms with E-state index in [1.54, 1.807) is 29.0 Å². The monoisotopic (exact) mass is 204 g/mol. The number of aromatic hydroxyl groups is 1. The molecule has 2 aromatic rings. The van der Waals surface area contributed by atoms with Gasteiger partial charge in [-0.25, -0.2) is 4.39 Å². The third-order valence-corrected chi connectivity index (χ3v) is 2.10. The van der Waals surface area contributed by atoms with E-state index in [2.05, 4.69) is 0 Å². The lowest BCUT2D eigenvalue weighted by molar-refractivity contribution is -0.688. The molecule has 0 saturated heterocycles. The fourth-order valence-electron chi connectivity index (χ4n) is 1.45. The first kappa shape index (κ1) is 9.65. The number of pyridine rings is 1. The van der Waals surface area contributed by atoms with Crippen LogP contribution in [0.5, 0.6) is 5.75 Å². The average Bonchev–Trinajstić information content (AvgIpc) is 2.17. The molecule has 15 heavy (non-hydrogen) atoms. The van der Waals surface area contributed by atoms with Gasteiger partial charge in [-0.3, -0.25) is 0 Å². The predicted octanol–water partition coefficient (Wildman–Crippen LogP) is 1.87. The zero-order valence-electron chi connectivity index (χ0n) is 8.10. The smallest absolute Gasteiger partial charge is 0.211 e. The van der Waals surface area contributed by atoms with Gasteiger partial charge < -0.3 is 5.11 Å². The first-order chi connectivity index (χ1) is 7.24. The summed E-state index contributed by atoms with van der Waals surface area (Å²) < 4.78 is 14.7. The van der Waals surface area contributed by atoms with E-state index in [-0.39, 0.29) is 11.6 Å². The summed E-state index contributed by atoms with van der Waals surface area (Å²) in [5.41, 5.74) is 0.866. The standard InChI is InChI=1S/C12H10FNO/c13-11-4-1-3-10(7-11)8-14-6-2-5-12(15)9-14/h1-7,9H,8H2/p+1. The Morgan fingerprint density at radius 3 is 2.80 bits per heavy atom. The van der Waals surface area contributed by atoms with Crippen molar-refractivity contribution in [2.75, 3.05) is 0 Å². The zero-order valence-corrected chi connectivity index (χ0v) is 8.10. The summed E-state index contributed by atoms with van der Waals surface area (Å²) in [6.45, 7) is 0.548. The molecule has 0 spiro atoms. The number of hydrogen-bond donors (Lipinski definition) is 1. The highest BCUT2D eigenvalue weighted by molar-refractivity contribution is 5.15.